The number of para-hydroxylation sites is 1. The lowest BCUT2D eigenvalue weighted by Gasteiger charge is -2.17. The Morgan fingerprint density at radius 3 is 2.38 bits per heavy atom. The number of nitrogens with one attached hydrogen (secondary N) is 2. The Balaban J connectivity index is 2.62. The summed E-state index contributed by atoms with van der Waals surface area (Å²) >= 11 is 0. The van der Waals surface area contributed by atoms with Gasteiger partial charge in [0.05, 0.1) is 30.9 Å². The van der Waals surface area contributed by atoms with Crippen molar-refractivity contribution < 1.29 is 19.1 Å². The number of likely N-dealkylation sites (N-methyl/N-ethyl adjacent to an activating group) is 1. The number of anilines is 1. The molecule has 0 aliphatic rings. The number of ether oxygens (including phenoxy) is 1. The number of rotatable bonds is 8. The molecule has 0 aliphatic carbocycles. The molecule has 0 spiro atoms. The summed E-state index contributed by atoms with van der Waals surface area (Å²) in [5.41, 5.74) is 0.689. The second-order valence-electron chi connectivity index (χ2n) is 5.71. The van der Waals surface area contributed by atoms with E-state index in [-0.39, 0.29) is 37.6 Å². The van der Waals surface area contributed by atoms with Crippen molar-refractivity contribution in [1.29, 1.82) is 0 Å². The molecule has 132 valence electrons. The molecule has 0 saturated carbocycles. The summed E-state index contributed by atoms with van der Waals surface area (Å²) in [4.78, 5) is 37.3. The lowest BCUT2D eigenvalue weighted by atomic mass is 10.2. The maximum atomic E-state index is 12.1. The Kier molecular flexibility index (Phi) is 7.91. The zero-order valence-electron chi connectivity index (χ0n) is 14.6. The van der Waals surface area contributed by atoms with Crippen molar-refractivity contribution in [1.82, 2.24) is 10.2 Å². The molecule has 0 aliphatic heterocycles. The Hall–Kier alpha value is -2.41. The minimum atomic E-state index is -0.488. The van der Waals surface area contributed by atoms with E-state index < -0.39 is 5.97 Å². The van der Waals surface area contributed by atoms with Crippen molar-refractivity contribution in [2.45, 2.75) is 26.8 Å². The van der Waals surface area contributed by atoms with Crippen LogP contribution in [0.15, 0.2) is 24.3 Å². The fourth-order valence-electron chi connectivity index (χ4n) is 2.08. The molecule has 0 fully saturated rings. The number of esters is 1. The zero-order valence-corrected chi connectivity index (χ0v) is 14.6. The van der Waals surface area contributed by atoms with Gasteiger partial charge in [-0.2, -0.15) is 0 Å². The third-order valence-corrected chi connectivity index (χ3v) is 2.97. The molecule has 0 atom stereocenters. The van der Waals surface area contributed by atoms with Gasteiger partial charge < -0.3 is 15.4 Å². The maximum Gasteiger partial charge on any atom is 0.340 e. The maximum absolute atomic E-state index is 12.1. The van der Waals surface area contributed by atoms with E-state index in [1.54, 1.807) is 43.1 Å². The first-order chi connectivity index (χ1) is 11.3. The van der Waals surface area contributed by atoms with Crippen LogP contribution in [0.1, 0.15) is 31.1 Å². The number of carbonyl (C=O) groups excluding carboxylic acids is 3. The average Bonchev–Trinajstić information content (AvgIpc) is 2.46. The third kappa shape index (κ3) is 6.78. The van der Waals surface area contributed by atoms with Gasteiger partial charge >= 0.3 is 5.97 Å². The predicted octanol–water partition coefficient (Wildman–Crippen LogP) is 1.26. The van der Waals surface area contributed by atoms with Gasteiger partial charge in [-0.1, -0.05) is 12.1 Å². The molecule has 0 heterocycles. The largest absolute Gasteiger partial charge is 0.462 e. The summed E-state index contributed by atoms with van der Waals surface area (Å²) < 4.78 is 4.97. The predicted molar refractivity (Wildman–Crippen MR) is 91.8 cm³/mol. The normalized spacial score (nSPS) is 10.6. The first-order valence-electron chi connectivity index (χ1n) is 7.87. The van der Waals surface area contributed by atoms with Crippen molar-refractivity contribution in [2.24, 2.45) is 0 Å². The smallest absolute Gasteiger partial charge is 0.340 e. The molecule has 0 saturated heterocycles. The minimum absolute atomic E-state index is 0.0304. The fraction of sp³-hybridized carbons (Fsp3) is 0.471. The van der Waals surface area contributed by atoms with Crippen LogP contribution in [-0.2, 0) is 14.3 Å². The van der Waals surface area contributed by atoms with Crippen molar-refractivity contribution >= 4 is 23.5 Å². The second-order valence-corrected chi connectivity index (χ2v) is 5.71. The van der Waals surface area contributed by atoms with E-state index in [0.717, 1.165) is 0 Å². The Morgan fingerprint density at radius 2 is 1.75 bits per heavy atom. The summed E-state index contributed by atoms with van der Waals surface area (Å²) in [5, 5.41) is 5.44. The molecule has 7 nitrogen and oxygen atoms in total. The molecule has 1 rings (SSSR count). The van der Waals surface area contributed by atoms with Crippen LogP contribution in [0.3, 0.4) is 0 Å². The van der Waals surface area contributed by atoms with E-state index >= 15 is 0 Å². The van der Waals surface area contributed by atoms with E-state index in [1.807, 2.05) is 13.8 Å². The zero-order chi connectivity index (χ0) is 18.1. The van der Waals surface area contributed by atoms with Gasteiger partial charge in [-0.3, -0.25) is 14.5 Å². The molecule has 1 aromatic carbocycles. The first kappa shape index (κ1) is 19.6. The molecular formula is C17H25N3O4. The average molecular weight is 335 g/mol. The Labute approximate surface area is 142 Å². The molecule has 0 bridgehead atoms. The van der Waals surface area contributed by atoms with E-state index in [4.69, 9.17) is 4.74 Å². The van der Waals surface area contributed by atoms with Gasteiger partial charge in [0.2, 0.25) is 11.8 Å². The van der Waals surface area contributed by atoms with Gasteiger partial charge in [-0.25, -0.2) is 4.79 Å². The number of benzene rings is 1. The van der Waals surface area contributed by atoms with Crippen LogP contribution in [0.5, 0.6) is 0 Å². The summed E-state index contributed by atoms with van der Waals surface area (Å²) in [6.07, 6.45) is 0. The van der Waals surface area contributed by atoms with Crippen LogP contribution >= 0.6 is 0 Å². The van der Waals surface area contributed by atoms with Gasteiger partial charge in [0.1, 0.15) is 0 Å². The highest BCUT2D eigenvalue weighted by Crippen LogP contribution is 2.16. The van der Waals surface area contributed by atoms with Gasteiger partial charge in [0.25, 0.3) is 0 Å². The molecular weight excluding hydrogens is 310 g/mol. The standard InChI is InChI=1S/C17H25N3O4/c1-5-24-17(23)13-8-6-7-9-14(13)19-16(22)11-20(4)10-15(21)18-12(2)3/h6-9,12H,5,10-11H2,1-4H3,(H,18,21)(H,19,22). The molecule has 24 heavy (non-hydrogen) atoms. The van der Waals surface area contributed by atoms with E-state index in [2.05, 4.69) is 10.6 Å². The van der Waals surface area contributed by atoms with Crippen LogP contribution in [0.25, 0.3) is 0 Å². The van der Waals surface area contributed by atoms with Crippen LogP contribution < -0.4 is 10.6 Å². The monoisotopic (exact) mass is 335 g/mol. The summed E-state index contributed by atoms with van der Waals surface area (Å²) in [6.45, 7) is 5.87. The fourth-order valence-corrected chi connectivity index (χ4v) is 2.08. The van der Waals surface area contributed by atoms with E-state index in [0.29, 0.717) is 11.3 Å². The SMILES string of the molecule is CCOC(=O)c1ccccc1NC(=O)CN(C)CC(=O)NC(C)C. The van der Waals surface area contributed by atoms with Crippen LogP contribution in [-0.4, -0.2) is 55.5 Å². The Bertz CT molecular complexity index is 587. The summed E-state index contributed by atoms with van der Waals surface area (Å²) in [7, 11) is 1.68. The molecule has 1 aromatic rings. The number of hydrogen-bond donors (Lipinski definition) is 2. The number of hydrogen-bond acceptors (Lipinski definition) is 5. The summed E-state index contributed by atoms with van der Waals surface area (Å²) in [6, 6.07) is 6.70. The molecule has 2 amide bonds. The van der Waals surface area contributed by atoms with Crippen LogP contribution in [0.4, 0.5) is 5.69 Å². The topological polar surface area (TPSA) is 87.7 Å². The van der Waals surface area contributed by atoms with Gasteiger partial charge in [0.15, 0.2) is 0 Å². The summed E-state index contributed by atoms with van der Waals surface area (Å²) in [5.74, 6) is -0.947. The highest BCUT2D eigenvalue weighted by Gasteiger charge is 2.16. The van der Waals surface area contributed by atoms with Gasteiger partial charge in [-0.05, 0) is 40.0 Å². The second kappa shape index (κ2) is 9.67. The lowest BCUT2D eigenvalue weighted by Crippen LogP contribution is -2.41. The Morgan fingerprint density at radius 1 is 1.12 bits per heavy atom. The van der Waals surface area contributed by atoms with Crippen molar-refractivity contribution in [2.75, 3.05) is 32.1 Å². The number of carbonyl (C=O) groups is 3. The number of amides is 2. The molecule has 0 unspecified atom stereocenters. The van der Waals surface area contributed by atoms with Crippen molar-refractivity contribution in [3.63, 3.8) is 0 Å². The number of nitrogens with zero attached hydrogens (tertiary/aromatic N) is 1. The van der Waals surface area contributed by atoms with Gasteiger partial charge in [0, 0.05) is 6.04 Å². The minimum Gasteiger partial charge on any atom is -0.462 e. The van der Waals surface area contributed by atoms with E-state index in [1.165, 1.54) is 0 Å². The molecule has 7 heteroatoms. The molecule has 0 aromatic heterocycles. The van der Waals surface area contributed by atoms with Gasteiger partial charge in [-0.15, -0.1) is 0 Å². The highest BCUT2D eigenvalue weighted by molar-refractivity contribution is 6.01. The molecule has 0 radical (unpaired) electrons. The highest BCUT2D eigenvalue weighted by atomic mass is 16.5. The molecule has 2 N–H and O–H groups in total. The first-order valence-corrected chi connectivity index (χ1v) is 7.87. The quantitative estimate of drug-likeness (QED) is 0.698. The lowest BCUT2D eigenvalue weighted by molar-refractivity contribution is -0.123. The van der Waals surface area contributed by atoms with Crippen molar-refractivity contribution in [3.05, 3.63) is 29.8 Å². The third-order valence-electron chi connectivity index (χ3n) is 2.97. The van der Waals surface area contributed by atoms with E-state index in [9.17, 15) is 14.4 Å². The van der Waals surface area contributed by atoms with Crippen LogP contribution in [0, 0.1) is 0 Å². The van der Waals surface area contributed by atoms with Crippen LogP contribution in [0.2, 0.25) is 0 Å². The van der Waals surface area contributed by atoms with Crippen molar-refractivity contribution in [3.8, 4) is 0 Å².